The summed E-state index contributed by atoms with van der Waals surface area (Å²) >= 11 is 4.91. The van der Waals surface area contributed by atoms with E-state index in [9.17, 15) is 9.59 Å². The number of urea groups is 1. The van der Waals surface area contributed by atoms with Gasteiger partial charge in [0.15, 0.2) is 0 Å². The summed E-state index contributed by atoms with van der Waals surface area (Å²) in [6.07, 6.45) is 0. The lowest BCUT2D eigenvalue weighted by Gasteiger charge is -2.16. The van der Waals surface area contributed by atoms with Crippen molar-refractivity contribution in [2.75, 3.05) is 12.4 Å². The van der Waals surface area contributed by atoms with Crippen molar-refractivity contribution in [1.82, 2.24) is 9.88 Å². The van der Waals surface area contributed by atoms with E-state index in [1.54, 1.807) is 31.4 Å². The van der Waals surface area contributed by atoms with Gasteiger partial charge in [0.05, 0.1) is 12.2 Å². The summed E-state index contributed by atoms with van der Waals surface area (Å²) in [4.78, 5) is 28.4. The molecule has 3 N–H and O–H groups in total. The summed E-state index contributed by atoms with van der Waals surface area (Å²) < 4.78 is 0.978. The maximum Gasteiger partial charge on any atom is 0.354 e. The monoisotopic (exact) mass is 371 g/mol. The lowest BCUT2D eigenvalue weighted by atomic mass is 10.3. The number of hydrogen-bond acceptors (Lipinski definition) is 3. The maximum atomic E-state index is 12.1. The summed E-state index contributed by atoms with van der Waals surface area (Å²) in [5, 5.41) is 13.6. The van der Waals surface area contributed by atoms with Gasteiger partial charge < -0.3 is 20.3 Å². The standard InChI is InChI=1S/C13H14BrN3O3S/c1-7-3-10(11(15-7)12(18)19)16-13(20)17(2)5-9-4-8(14)6-21-9/h3-4,6,15H,5H2,1-2H3,(H,16,20)(H,18,19). The Hall–Kier alpha value is -1.80. The fourth-order valence-corrected chi connectivity index (χ4v) is 3.31. The first-order chi connectivity index (χ1) is 9.86. The molecule has 2 heterocycles. The molecule has 0 bridgehead atoms. The van der Waals surface area contributed by atoms with Gasteiger partial charge in [0.25, 0.3) is 0 Å². The Bertz CT molecular complexity index is 680. The Kier molecular flexibility index (Phi) is 4.69. The SMILES string of the molecule is Cc1cc(NC(=O)N(C)Cc2cc(Br)cs2)c(C(=O)O)[nH]1. The average molecular weight is 372 g/mol. The number of H-pyrrole nitrogens is 1. The van der Waals surface area contributed by atoms with Crippen LogP contribution in [0.15, 0.2) is 22.0 Å². The molecule has 2 rings (SSSR count). The number of thiophene rings is 1. The van der Waals surface area contributed by atoms with Crippen molar-refractivity contribution in [3.05, 3.63) is 38.3 Å². The zero-order chi connectivity index (χ0) is 15.6. The molecule has 8 heteroatoms. The second-order valence-corrected chi connectivity index (χ2v) is 6.48. The largest absolute Gasteiger partial charge is 0.477 e. The molecule has 0 aliphatic carbocycles. The van der Waals surface area contributed by atoms with Gasteiger partial charge in [-0.25, -0.2) is 9.59 Å². The van der Waals surface area contributed by atoms with Gasteiger partial charge in [-0.15, -0.1) is 11.3 Å². The van der Waals surface area contributed by atoms with Gasteiger partial charge in [-0.1, -0.05) is 0 Å². The lowest BCUT2D eigenvalue weighted by Crippen LogP contribution is -2.30. The number of aromatic amines is 1. The van der Waals surface area contributed by atoms with Crippen molar-refractivity contribution >= 4 is 45.0 Å². The molecule has 0 saturated heterocycles. The van der Waals surface area contributed by atoms with Gasteiger partial charge in [0, 0.05) is 27.5 Å². The molecule has 0 aliphatic rings. The van der Waals surface area contributed by atoms with Crippen LogP contribution in [0.3, 0.4) is 0 Å². The van der Waals surface area contributed by atoms with Gasteiger partial charge in [-0.3, -0.25) is 0 Å². The van der Waals surface area contributed by atoms with Crippen molar-refractivity contribution in [1.29, 1.82) is 0 Å². The highest BCUT2D eigenvalue weighted by Gasteiger charge is 2.17. The Morgan fingerprint density at radius 2 is 2.19 bits per heavy atom. The van der Waals surface area contributed by atoms with Gasteiger partial charge in [-0.05, 0) is 35.0 Å². The highest BCUT2D eigenvalue weighted by Crippen LogP contribution is 2.22. The van der Waals surface area contributed by atoms with Crippen molar-refractivity contribution in [2.45, 2.75) is 13.5 Å². The molecule has 0 radical (unpaired) electrons. The zero-order valence-corrected chi connectivity index (χ0v) is 13.8. The maximum absolute atomic E-state index is 12.1. The van der Waals surface area contributed by atoms with Gasteiger partial charge >= 0.3 is 12.0 Å². The number of carbonyl (C=O) groups excluding carboxylic acids is 1. The van der Waals surface area contributed by atoms with E-state index in [2.05, 4.69) is 26.2 Å². The third-order valence-electron chi connectivity index (χ3n) is 2.77. The van der Waals surface area contributed by atoms with Crippen LogP contribution in [-0.4, -0.2) is 34.0 Å². The number of nitrogens with one attached hydrogen (secondary N) is 2. The molecule has 0 aromatic carbocycles. The van der Waals surface area contributed by atoms with E-state index in [0.29, 0.717) is 12.2 Å². The first-order valence-corrected chi connectivity index (χ1v) is 7.72. The average Bonchev–Trinajstić information content (AvgIpc) is 2.95. The molecule has 0 aliphatic heterocycles. The van der Waals surface area contributed by atoms with E-state index in [0.717, 1.165) is 9.35 Å². The van der Waals surface area contributed by atoms with Crippen LogP contribution in [0, 0.1) is 6.92 Å². The number of rotatable bonds is 4. The Morgan fingerprint density at radius 3 is 2.76 bits per heavy atom. The van der Waals surface area contributed by atoms with Gasteiger partial charge in [0.2, 0.25) is 0 Å². The molecule has 21 heavy (non-hydrogen) atoms. The normalized spacial score (nSPS) is 10.4. The fraction of sp³-hybridized carbons (Fsp3) is 0.231. The molecular weight excluding hydrogens is 358 g/mol. The number of carboxylic acid groups (broad SMARTS) is 1. The summed E-state index contributed by atoms with van der Waals surface area (Å²) in [7, 11) is 1.66. The minimum absolute atomic E-state index is 0.0203. The van der Waals surface area contributed by atoms with E-state index < -0.39 is 5.97 Å². The van der Waals surface area contributed by atoms with E-state index in [1.807, 2.05) is 11.4 Å². The third kappa shape index (κ3) is 3.85. The molecule has 2 amide bonds. The Labute approximate surface area is 133 Å². The molecule has 0 saturated carbocycles. The van der Waals surface area contributed by atoms with Gasteiger partial charge in [0.1, 0.15) is 5.69 Å². The number of aromatic carboxylic acids is 1. The molecule has 0 spiro atoms. The number of carbonyl (C=O) groups is 2. The topological polar surface area (TPSA) is 85.4 Å². The van der Waals surface area contributed by atoms with Gasteiger partial charge in [-0.2, -0.15) is 0 Å². The van der Waals surface area contributed by atoms with E-state index in [-0.39, 0.29) is 17.4 Å². The quantitative estimate of drug-likeness (QED) is 0.768. The molecule has 0 atom stereocenters. The van der Waals surface area contributed by atoms with E-state index in [4.69, 9.17) is 5.11 Å². The number of carboxylic acids is 1. The van der Waals surface area contributed by atoms with Crippen molar-refractivity contribution in [3.63, 3.8) is 0 Å². The molecule has 0 unspecified atom stereocenters. The Morgan fingerprint density at radius 1 is 1.48 bits per heavy atom. The van der Waals surface area contributed by atoms with Crippen LogP contribution in [0.2, 0.25) is 0 Å². The predicted molar refractivity (Wildman–Crippen MR) is 85.0 cm³/mol. The van der Waals surface area contributed by atoms with Crippen LogP contribution in [0.1, 0.15) is 21.1 Å². The number of anilines is 1. The molecule has 2 aromatic rings. The van der Waals surface area contributed by atoms with Crippen molar-refractivity contribution in [2.24, 2.45) is 0 Å². The van der Waals surface area contributed by atoms with Crippen LogP contribution >= 0.6 is 27.3 Å². The number of aromatic nitrogens is 1. The van der Waals surface area contributed by atoms with Crippen LogP contribution < -0.4 is 5.32 Å². The van der Waals surface area contributed by atoms with Crippen LogP contribution in [0.25, 0.3) is 0 Å². The predicted octanol–water partition coefficient (Wildman–Crippen LogP) is 3.51. The molecule has 6 nitrogen and oxygen atoms in total. The van der Waals surface area contributed by atoms with E-state index >= 15 is 0 Å². The molecule has 0 fully saturated rings. The lowest BCUT2D eigenvalue weighted by molar-refractivity contribution is 0.0692. The number of nitrogens with zero attached hydrogens (tertiary/aromatic N) is 1. The second-order valence-electron chi connectivity index (χ2n) is 4.56. The highest BCUT2D eigenvalue weighted by atomic mass is 79.9. The minimum Gasteiger partial charge on any atom is -0.477 e. The zero-order valence-electron chi connectivity index (χ0n) is 11.4. The molecule has 2 aromatic heterocycles. The van der Waals surface area contributed by atoms with E-state index in [1.165, 1.54) is 4.90 Å². The number of amides is 2. The number of aryl methyl sites for hydroxylation is 1. The minimum atomic E-state index is -1.11. The van der Waals surface area contributed by atoms with Crippen molar-refractivity contribution in [3.8, 4) is 0 Å². The highest BCUT2D eigenvalue weighted by molar-refractivity contribution is 9.10. The summed E-state index contributed by atoms with van der Waals surface area (Å²) in [5.41, 5.74) is 0.921. The second kappa shape index (κ2) is 6.31. The molecule has 112 valence electrons. The summed E-state index contributed by atoms with van der Waals surface area (Å²) in [5.74, 6) is -1.11. The smallest absolute Gasteiger partial charge is 0.354 e. The Balaban J connectivity index is 2.05. The summed E-state index contributed by atoms with van der Waals surface area (Å²) in [6, 6.07) is 3.18. The third-order valence-corrected chi connectivity index (χ3v) is 4.45. The number of halogens is 1. The first-order valence-electron chi connectivity index (χ1n) is 6.04. The van der Waals surface area contributed by atoms with Crippen LogP contribution in [-0.2, 0) is 6.54 Å². The van der Waals surface area contributed by atoms with Crippen LogP contribution in [0.4, 0.5) is 10.5 Å². The fourth-order valence-electron chi connectivity index (χ4n) is 1.81. The van der Waals surface area contributed by atoms with Crippen LogP contribution in [0.5, 0.6) is 0 Å². The number of hydrogen-bond donors (Lipinski definition) is 3. The van der Waals surface area contributed by atoms with Crippen molar-refractivity contribution < 1.29 is 14.7 Å². The first kappa shape index (κ1) is 15.6. The summed E-state index contributed by atoms with van der Waals surface area (Å²) in [6.45, 7) is 2.18. The molecular formula is C13H14BrN3O3S.